The average Bonchev–Trinajstić information content (AvgIpc) is 2.76. The summed E-state index contributed by atoms with van der Waals surface area (Å²) in [4.78, 5) is 2.24. The fourth-order valence-electron chi connectivity index (χ4n) is 2.40. The molecule has 4 nitrogen and oxygen atoms in total. The van der Waals surface area contributed by atoms with Crippen LogP contribution >= 0.6 is 0 Å². The Hall–Kier alpha value is -1.10. The molecule has 0 amide bonds. The van der Waals surface area contributed by atoms with E-state index in [-0.39, 0.29) is 0 Å². The van der Waals surface area contributed by atoms with Crippen LogP contribution in [-0.4, -0.2) is 44.1 Å². The van der Waals surface area contributed by atoms with Crippen LogP contribution in [0.25, 0.3) is 0 Å². The van der Waals surface area contributed by atoms with Gasteiger partial charge in [0.25, 0.3) is 0 Å². The van der Waals surface area contributed by atoms with Gasteiger partial charge in [0, 0.05) is 39.0 Å². The first-order valence-electron chi connectivity index (χ1n) is 6.87. The topological polar surface area (TPSA) is 44.7 Å². The van der Waals surface area contributed by atoms with Crippen LogP contribution in [0.15, 0.2) is 24.3 Å². The van der Waals surface area contributed by atoms with Gasteiger partial charge in [-0.3, -0.25) is 0 Å². The van der Waals surface area contributed by atoms with E-state index in [1.807, 2.05) is 6.92 Å². The van der Waals surface area contributed by atoms with Crippen LogP contribution in [0.5, 0.6) is 0 Å². The fourth-order valence-corrected chi connectivity index (χ4v) is 2.40. The van der Waals surface area contributed by atoms with Gasteiger partial charge < -0.3 is 20.1 Å². The summed E-state index contributed by atoms with van der Waals surface area (Å²) in [5, 5.41) is 13.3. The van der Waals surface area contributed by atoms with Gasteiger partial charge >= 0.3 is 0 Å². The van der Waals surface area contributed by atoms with E-state index >= 15 is 0 Å². The van der Waals surface area contributed by atoms with Crippen molar-refractivity contribution < 1.29 is 9.84 Å². The lowest BCUT2D eigenvalue weighted by molar-refractivity contribution is 0.0839. The zero-order valence-electron chi connectivity index (χ0n) is 11.9. The monoisotopic (exact) mass is 264 g/mol. The van der Waals surface area contributed by atoms with Gasteiger partial charge in [0.1, 0.15) is 0 Å². The quantitative estimate of drug-likeness (QED) is 0.762. The van der Waals surface area contributed by atoms with Gasteiger partial charge in [-0.05, 0) is 31.0 Å². The number of methoxy groups -OCH3 is 1. The van der Waals surface area contributed by atoms with Gasteiger partial charge in [-0.1, -0.05) is 12.1 Å². The summed E-state index contributed by atoms with van der Waals surface area (Å²) >= 11 is 0. The van der Waals surface area contributed by atoms with Crippen LogP contribution in [0.2, 0.25) is 0 Å². The van der Waals surface area contributed by atoms with Gasteiger partial charge in [-0.25, -0.2) is 0 Å². The van der Waals surface area contributed by atoms with Crippen molar-refractivity contribution in [1.29, 1.82) is 0 Å². The van der Waals surface area contributed by atoms with Crippen molar-refractivity contribution in [3.8, 4) is 0 Å². The Morgan fingerprint density at radius 3 is 2.68 bits per heavy atom. The number of anilines is 1. The van der Waals surface area contributed by atoms with Crippen LogP contribution in [0.3, 0.4) is 0 Å². The molecule has 1 fully saturated rings. The maximum atomic E-state index is 9.98. The van der Waals surface area contributed by atoms with Gasteiger partial charge in [0.05, 0.1) is 12.2 Å². The molecule has 1 aromatic rings. The molecule has 2 N–H and O–H groups in total. The molecular formula is C15H24N2O2. The molecule has 1 unspecified atom stereocenters. The second-order valence-electron chi connectivity index (χ2n) is 5.50. The van der Waals surface area contributed by atoms with E-state index in [1.54, 1.807) is 7.11 Å². The van der Waals surface area contributed by atoms with Crippen molar-refractivity contribution in [3.63, 3.8) is 0 Å². The highest BCUT2D eigenvalue weighted by Crippen LogP contribution is 2.26. The van der Waals surface area contributed by atoms with E-state index in [0.717, 1.165) is 39.2 Å². The predicted molar refractivity (Wildman–Crippen MR) is 77.5 cm³/mol. The minimum atomic E-state index is -0.541. The fraction of sp³-hybridized carbons (Fsp3) is 0.600. The smallest absolute Gasteiger partial charge is 0.0810 e. The first-order valence-corrected chi connectivity index (χ1v) is 6.87. The number of ether oxygens (including phenoxy) is 1. The maximum absolute atomic E-state index is 9.98. The summed E-state index contributed by atoms with van der Waals surface area (Å²) in [7, 11) is 1.71. The van der Waals surface area contributed by atoms with Crippen molar-refractivity contribution in [2.24, 2.45) is 0 Å². The Morgan fingerprint density at radius 2 is 2.11 bits per heavy atom. The molecule has 0 radical (unpaired) electrons. The molecule has 1 heterocycles. The average molecular weight is 264 g/mol. The lowest BCUT2D eigenvalue weighted by atomic mass is 10.1. The van der Waals surface area contributed by atoms with E-state index in [0.29, 0.717) is 0 Å². The summed E-state index contributed by atoms with van der Waals surface area (Å²) in [6.45, 7) is 6.02. The van der Waals surface area contributed by atoms with Crippen LogP contribution in [-0.2, 0) is 11.3 Å². The highest BCUT2D eigenvalue weighted by atomic mass is 16.5. The van der Waals surface area contributed by atoms with E-state index in [2.05, 4.69) is 34.5 Å². The molecule has 106 valence electrons. The molecule has 0 aliphatic carbocycles. The highest BCUT2D eigenvalue weighted by molar-refractivity contribution is 5.49. The minimum Gasteiger partial charge on any atom is -0.388 e. The molecule has 1 saturated heterocycles. The van der Waals surface area contributed by atoms with Crippen molar-refractivity contribution in [2.45, 2.75) is 25.5 Å². The predicted octanol–water partition coefficient (Wildman–Crippen LogP) is 1.38. The third kappa shape index (κ3) is 4.20. The Balaban J connectivity index is 1.85. The summed E-state index contributed by atoms with van der Waals surface area (Å²) in [6.07, 6.45) is 0.841. The number of benzene rings is 1. The van der Waals surface area contributed by atoms with Crippen molar-refractivity contribution in [1.82, 2.24) is 5.32 Å². The molecular weight excluding hydrogens is 240 g/mol. The number of nitrogens with zero attached hydrogens (tertiary/aromatic N) is 1. The molecule has 0 spiro atoms. The molecule has 1 aromatic carbocycles. The molecule has 0 bridgehead atoms. The zero-order valence-corrected chi connectivity index (χ0v) is 11.9. The van der Waals surface area contributed by atoms with Crippen molar-refractivity contribution in [2.75, 3.05) is 38.3 Å². The van der Waals surface area contributed by atoms with Crippen LogP contribution in [0.4, 0.5) is 5.69 Å². The van der Waals surface area contributed by atoms with Crippen LogP contribution in [0, 0.1) is 0 Å². The summed E-state index contributed by atoms with van der Waals surface area (Å²) < 4.78 is 4.99. The van der Waals surface area contributed by atoms with Gasteiger partial charge in [0.2, 0.25) is 0 Å². The van der Waals surface area contributed by atoms with Gasteiger partial charge in [0.15, 0.2) is 0 Å². The Bertz CT molecular complexity index is 390. The number of hydrogen-bond donors (Lipinski definition) is 2. The molecule has 1 atom stereocenters. The second kappa shape index (κ2) is 6.37. The number of aliphatic hydroxyl groups is 1. The van der Waals surface area contributed by atoms with Crippen LogP contribution in [0.1, 0.15) is 18.9 Å². The molecule has 1 aliphatic heterocycles. The summed E-state index contributed by atoms with van der Waals surface area (Å²) in [6, 6.07) is 8.55. The Labute approximate surface area is 115 Å². The van der Waals surface area contributed by atoms with E-state index in [4.69, 9.17) is 4.74 Å². The maximum Gasteiger partial charge on any atom is 0.0810 e. The summed E-state index contributed by atoms with van der Waals surface area (Å²) in [5.41, 5.74) is 1.92. The lowest BCUT2D eigenvalue weighted by Crippen LogP contribution is -2.29. The number of rotatable bonds is 6. The SMILES string of the molecule is COCCNCc1ccc(N2CCC(C)(O)C2)cc1. The standard InChI is InChI=1S/C15H24N2O2/c1-15(18)7-9-17(12-15)14-5-3-13(4-6-14)11-16-8-10-19-2/h3-6,16,18H,7-12H2,1-2H3. The van der Waals surface area contributed by atoms with Gasteiger partial charge in [-0.15, -0.1) is 0 Å². The van der Waals surface area contributed by atoms with Gasteiger partial charge in [-0.2, -0.15) is 0 Å². The van der Waals surface area contributed by atoms with E-state index in [9.17, 15) is 5.11 Å². The minimum absolute atomic E-state index is 0.541. The number of β-amino-alcohol motifs (C(OH)–C–C–N with tert-alkyl or cyclic N) is 1. The third-order valence-corrected chi connectivity index (χ3v) is 3.57. The van der Waals surface area contributed by atoms with E-state index < -0.39 is 5.60 Å². The Morgan fingerprint density at radius 1 is 1.37 bits per heavy atom. The Kier molecular flexibility index (Phi) is 4.80. The van der Waals surface area contributed by atoms with E-state index in [1.165, 1.54) is 11.3 Å². The highest BCUT2D eigenvalue weighted by Gasteiger charge is 2.31. The van der Waals surface area contributed by atoms with Crippen molar-refractivity contribution >= 4 is 5.69 Å². The molecule has 0 saturated carbocycles. The number of hydrogen-bond acceptors (Lipinski definition) is 4. The van der Waals surface area contributed by atoms with Crippen LogP contribution < -0.4 is 10.2 Å². The first kappa shape index (κ1) is 14.3. The summed E-state index contributed by atoms with van der Waals surface area (Å²) in [5.74, 6) is 0. The molecule has 19 heavy (non-hydrogen) atoms. The lowest BCUT2D eigenvalue weighted by Gasteiger charge is -2.21. The largest absolute Gasteiger partial charge is 0.388 e. The normalized spacial score (nSPS) is 23.0. The first-order chi connectivity index (χ1) is 9.11. The molecule has 1 aliphatic rings. The van der Waals surface area contributed by atoms with Crippen molar-refractivity contribution in [3.05, 3.63) is 29.8 Å². The number of nitrogens with one attached hydrogen (secondary N) is 1. The third-order valence-electron chi connectivity index (χ3n) is 3.57. The molecule has 4 heteroatoms. The zero-order chi connectivity index (χ0) is 13.7. The molecule has 0 aromatic heterocycles. The molecule has 2 rings (SSSR count). The second-order valence-corrected chi connectivity index (χ2v) is 5.50.